The van der Waals surface area contributed by atoms with Gasteiger partial charge in [-0.25, -0.2) is 0 Å². The molecule has 5 heteroatoms. The van der Waals surface area contributed by atoms with Crippen molar-refractivity contribution in [3.63, 3.8) is 0 Å². The highest BCUT2D eigenvalue weighted by molar-refractivity contribution is 4.86. The minimum absolute atomic E-state index is 0.0309. The Morgan fingerprint density at radius 3 is 2.63 bits per heavy atom. The highest BCUT2D eigenvalue weighted by Crippen LogP contribution is 2.15. The van der Waals surface area contributed by atoms with Gasteiger partial charge in [0.1, 0.15) is 24.4 Å². The van der Waals surface area contributed by atoms with E-state index in [2.05, 4.69) is 19.1 Å². The van der Waals surface area contributed by atoms with Gasteiger partial charge < -0.3 is 24.8 Å². The molecular formula is C14H26O5. The first kappa shape index (κ1) is 16.6. The summed E-state index contributed by atoms with van der Waals surface area (Å²) in [4.78, 5) is 0. The Kier molecular flexibility index (Phi) is 8.25. The van der Waals surface area contributed by atoms with Gasteiger partial charge >= 0.3 is 0 Å². The van der Waals surface area contributed by atoms with Crippen LogP contribution < -0.4 is 0 Å². The predicted molar refractivity (Wildman–Crippen MR) is 71.9 cm³/mol. The van der Waals surface area contributed by atoms with Gasteiger partial charge in [0, 0.05) is 0 Å². The summed E-state index contributed by atoms with van der Waals surface area (Å²) >= 11 is 0. The molecule has 4 atom stereocenters. The van der Waals surface area contributed by atoms with E-state index in [1.165, 1.54) is 12.8 Å². The van der Waals surface area contributed by atoms with Crippen LogP contribution in [0.4, 0.5) is 0 Å². The first-order valence-corrected chi connectivity index (χ1v) is 7.05. The minimum atomic E-state index is -1.16. The van der Waals surface area contributed by atoms with Crippen molar-refractivity contribution in [2.45, 2.75) is 57.0 Å². The molecule has 0 spiro atoms. The number of unbranched alkanes of at least 4 members (excludes halogenated alkanes) is 2. The van der Waals surface area contributed by atoms with Crippen LogP contribution in [0, 0.1) is 0 Å². The molecule has 0 unspecified atom stereocenters. The minimum Gasteiger partial charge on any atom is -0.388 e. The summed E-state index contributed by atoms with van der Waals surface area (Å²) in [7, 11) is 0. The number of allylic oxidation sites excluding steroid dienone is 1. The average molecular weight is 274 g/mol. The zero-order valence-corrected chi connectivity index (χ0v) is 11.6. The van der Waals surface area contributed by atoms with E-state index in [1.807, 2.05) is 0 Å². The highest BCUT2D eigenvalue weighted by atomic mass is 16.6. The Bertz CT molecular complexity index is 256. The molecule has 19 heavy (non-hydrogen) atoms. The van der Waals surface area contributed by atoms with Gasteiger partial charge in [-0.1, -0.05) is 31.9 Å². The first-order chi connectivity index (χ1) is 9.16. The molecule has 0 bridgehead atoms. The summed E-state index contributed by atoms with van der Waals surface area (Å²) in [6, 6.07) is 0. The molecule has 1 saturated heterocycles. The van der Waals surface area contributed by atoms with Gasteiger partial charge in [-0.05, 0) is 12.8 Å². The van der Waals surface area contributed by atoms with Gasteiger partial charge in [0.25, 0.3) is 0 Å². The molecule has 5 nitrogen and oxygen atoms in total. The van der Waals surface area contributed by atoms with E-state index in [4.69, 9.17) is 9.47 Å². The second-order valence-electron chi connectivity index (χ2n) is 4.90. The van der Waals surface area contributed by atoms with Crippen molar-refractivity contribution in [2.24, 2.45) is 0 Å². The van der Waals surface area contributed by atoms with Crippen LogP contribution >= 0.6 is 0 Å². The van der Waals surface area contributed by atoms with Crippen LogP contribution in [-0.4, -0.2) is 59.6 Å². The summed E-state index contributed by atoms with van der Waals surface area (Å²) < 4.78 is 10.6. The lowest BCUT2D eigenvalue weighted by molar-refractivity contribution is -0.199. The third-order valence-electron chi connectivity index (χ3n) is 3.21. The second kappa shape index (κ2) is 9.44. The Morgan fingerprint density at radius 1 is 1.16 bits per heavy atom. The Hall–Kier alpha value is -0.460. The smallest absolute Gasteiger partial charge is 0.111 e. The van der Waals surface area contributed by atoms with E-state index in [9.17, 15) is 15.3 Å². The van der Waals surface area contributed by atoms with Crippen LogP contribution in [0.25, 0.3) is 0 Å². The maximum Gasteiger partial charge on any atom is 0.111 e. The zero-order chi connectivity index (χ0) is 14.1. The lowest BCUT2D eigenvalue weighted by Gasteiger charge is -2.35. The maximum atomic E-state index is 9.68. The zero-order valence-electron chi connectivity index (χ0n) is 11.6. The fraction of sp³-hybridized carbons (Fsp3) is 0.857. The topological polar surface area (TPSA) is 79.2 Å². The molecule has 0 radical (unpaired) electrons. The molecule has 1 heterocycles. The molecule has 1 aliphatic heterocycles. The number of ether oxygens (including phenoxy) is 2. The summed E-state index contributed by atoms with van der Waals surface area (Å²) in [5, 5.41) is 28.5. The predicted octanol–water partition coefficient (Wildman–Crippen LogP) is 0.621. The molecule has 0 aromatic heterocycles. The quantitative estimate of drug-likeness (QED) is 0.447. The Labute approximate surface area is 114 Å². The third kappa shape index (κ3) is 6.01. The molecule has 1 rings (SSSR count). The van der Waals surface area contributed by atoms with Crippen LogP contribution in [0.3, 0.4) is 0 Å². The van der Waals surface area contributed by atoms with Crippen LogP contribution in [0.2, 0.25) is 0 Å². The first-order valence-electron chi connectivity index (χ1n) is 7.05. The SMILES string of the molecule is CCCC/C=C/CCOC[C@@H]1OC[C@@H](O)[C@H](O)[C@H]1O. The van der Waals surface area contributed by atoms with Crippen molar-refractivity contribution < 1.29 is 24.8 Å². The third-order valence-corrected chi connectivity index (χ3v) is 3.21. The van der Waals surface area contributed by atoms with Crippen LogP contribution in [0.5, 0.6) is 0 Å². The van der Waals surface area contributed by atoms with Crippen molar-refractivity contribution in [3.05, 3.63) is 12.2 Å². The molecule has 0 saturated carbocycles. The van der Waals surface area contributed by atoms with Gasteiger partial charge in [-0.3, -0.25) is 0 Å². The molecule has 0 aliphatic carbocycles. The Morgan fingerprint density at radius 2 is 1.89 bits per heavy atom. The standard InChI is InChI=1S/C14H26O5/c1-2-3-4-5-6-7-8-18-10-12-14(17)13(16)11(15)9-19-12/h5-6,11-17H,2-4,7-10H2,1H3/b6-5+/t11-,12+,13+,14+/m1/s1. The van der Waals surface area contributed by atoms with E-state index < -0.39 is 24.4 Å². The summed E-state index contributed by atoms with van der Waals surface area (Å²) in [6.45, 7) is 2.99. The molecule has 0 aromatic carbocycles. The van der Waals surface area contributed by atoms with Crippen LogP contribution in [-0.2, 0) is 9.47 Å². The summed E-state index contributed by atoms with van der Waals surface area (Å²) in [5.74, 6) is 0. The van der Waals surface area contributed by atoms with Gasteiger partial charge in [-0.15, -0.1) is 0 Å². The lowest BCUT2D eigenvalue weighted by Crippen LogP contribution is -2.54. The van der Waals surface area contributed by atoms with E-state index in [0.29, 0.717) is 6.61 Å². The molecule has 112 valence electrons. The number of aliphatic hydroxyl groups excluding tert-OH is 3. The van der Waals surface area contributed by atoms with Crippen molar-refractivity contribution in [1.29, 1.82) is 0 Å². The number of hydrogen-bond acceptors (Lipinski definition) is 5. The van der Waals surface area contributed by atoms with Gasteiger partial charge in [-0.2, -0.15) is 0 Å². The molecule has 1 aliphatic rings. The van der Waals surface area contributed by atoms with E-state index in [1.54, 1.807) is 0 Å². The Balaban J connectivity index is 2.07. The molecule has 1 fully saturated rings. The number of rotatable bonds is 8. The normalized spacial score (nSPS) is 32.0. The van der Waals surface area contributed by atoms with Crippen molar-refractivity contribution >= 4 is 0 Å². The largest absolute Gasteiger partial charge is 0.388 e. The second-order valence-corrected chi connectivity index (χ2v) is 4.90. The van der Waals surface area contributed by atoms with Crippen LogP contribution in [0.15, 0.2) is 12.2 Å². The van der Waals surface area contributed by atoms with Crippen molar-refractivity contribution in [3.8, 4) is 0 Å². The average Bonchev–Trinajstić information content (AvgIpc) is 2.41. The van der Waals surface area contributed by atoms with Gasteiger partial charge in [0.15, 0.2) is 0 Å². The maximum absolute atomic E-state index is 9.68. The lowest BCUT2D eigenvalue weighted by atomic mass is 10.0. The molecule has 0 aromatic rings. The monoisotopic (exact) mass is 274 g/mol. The van der Waals surface area contributed by atoms with Crippen molar-refractivity contribution in [2.75, 3.05) is 19.8 Å². The summed E-state index contributed by atoms with van der Waals surface area (Å²) in [6.07, 6.45) is 4.75. The van der Waals surface area contributed by atoms with Crippen molar-refractivity contribution in [1.82, 2.24) is 0 Å². The molecule has 3 N–H and O–H groups in total. The fourth-order valence-electron chi connectivity index (χ4n) is 1.92. The number of hydrogen-bond donors (Lipinski definition) is 3. The van der Waals surface area contributed by atoms with Crippen LogP contribution in [0.1, 0.15) is 32.6 Å². The fourth-order valence-corrected chi connectivity index (χ4v) is 1.92. The van der Waals surface area contributed by atoms with Gasteiger partial charge in [0.05, 0.1) is 19.8 Å². The number of aliphatic hydroxyl groups is 3. The highest BCUT2D eigenvalue weighted by Gasteiger charge is 2.37. The summed E-state index contributed by atoms with van der Waals surface area (Å²) in [5.41, 5.74) is 0. The van der Waals surface area contributed by atoms with E-state index in [0.717, 1.165) is 12.8 Å². The van der Waals surface area contributed by atoms with E-state index in [-0.39, 0.29) is 13.2 Å². The van der Waals surface area contributed by atoms with E-state index >= 15 is 0 Å². The van der Waals surface area contributed by atoms with Gasteiger partial charge in [0.2, 0.25) is 0 Å². The molecular weight excluding hydrogens is 248 g/mol. The molecule has 0 amide bonds.